The van der Waals surface area contributed by atoms with Crippen LogP contribution in [-0.4, -0.2) is 11.7 Å². The second-order valence-corrected chi connectivity index (χ2v) is 3.12. The second kappa shape index (κ2) is 6.41. The summed E-state index contributed by atoms with van der Waals surface area (Å²) in [5.74, 6) is 0.615. The molecule has 11 heavy (non-hydrogen) atoms. The lowest BCUT2D eigenvalue weighted by Gasteiger charge is -2.05. The van der Waals surface area contributed by atoms with Gasteiger partial charge in [0.2, 0.25) is 0 Å². The van der Waals surface area contributed by atoms with E-state index in [0.717, 1.165) is 19.3 Å². The molecule has 0 aromatic carbocycles. The fourth-order valence-electron chi connectivity index (χ4n) is 1.06. The zero-order valence-corrected chi connectivity index (χ0v) is 7.93. The largest absolute Gasteiger partial charge is 0.392 e. The van der Waals surface area contributed by atoms with Crippen LogP contribution < -0.4 is 0 Å². The van der Waals surface area contributed by atoms with Crippen LogP contribution in [-0.2, 0) is 0 Å². The molecule has 0 heterocycles. The summed E-state index contributed by atoms with van der Waals surface area (Å²) in [6.07, 6.45) is 5.53. The summed E-state index contributed by atoms with van der Waals surface area (Å²) in [6, 6.07) is 0. The van der Waals surface area contributed by atoms with E-state index in [1.54, 1.807) is 0 Å². The Morgan fingerprint density at radius 1 is 1.45 bits per heavy atom. The van der Waals surface area contributed by atoms with Gasteiger partial charge in [0.15, 0.2) is 0 Å². The third-order valence-electron chi connectivity index (χ3n) is 1.94. The average molecular weight is 156 g/mol. The summed E-state index contributed by atoms with van der Waals surface area (Å²) in [5.41, 5.74) is 1.20. The highest BCUT2D eigenvalue weighted by Gasteiger charge is 1.97. The molecule has 0 aliphatic rings. The summed E-state index contributed by atoms with van der Waals surface area (Å²) < 4.78 is 0. The van der Waals surface area contributed by atoms with Crippen molar-refractivity contribution in [2.24, 2.45) is 5.92 Å². The van der Waals surface area contributed by atoms with Gasteiger partial charge in [-0.15, -0.1) is 0 Å². The SMILES string of the molecule is CCC/C(=C/[C@@H](C)CC)CO. The molecular formula is C10H20O. The minimum absolute atomic E-state index is 0.234. The third-order valence-corrected chi connectivity index (χ3v) is 1.94. The van der Waals surface area contributed by atoms with Gasteiger partial charge in [0.25, 0.3) is 0 Å². The first-order chi connectivity index (χ1) is 5.24. The highest BCUT2D eigenvalue weighted by molar-refractivity contribution is 5.03. The van der Waals surface area contributed by atoms with Gasteiger partial charge >= 0.3 is 0 Å². The average Bonchev–Trinajstić information content (AvgIpc) is 2.03. The van der Waals surface area contributed by atoms with Gasteiger partial charge in [0, 0.05) is 0 Å². The molecule has 0 unspecified atom stereocenters. The van der Waals surface area contributed by atoms with E-state index in [1.165, 1.54) is 5.57 Å². The van der Waals surface area contributed by atoms with E-state index in [2.05, 4.69) is 26.8 Å². The maximum Gasteiger partial charge on any atom is 0.0641 e. The van der Waals surface area contributed by atoms with E-state index in [9.17, 15) is 0 Å². The highest BCUT2D eigenvalue weighted by Crippen LogP contribution is 2.10. The molecule has 1 nitrogen and oxygen atoms in total. The topological polar surface area (TPSA) is 20.2 Å². The van der Waals surface area contributed by atoms with Gasteiger partial charge in [0.1, 0.15) is 0 Å². The van der Waals surface area contributed by atoms with E-state index in [-0.39, 0.29) is 6.61 Å². The third kappa shape index (κ3) is 5.02. The second-order valence-electron chi connectivity index (χ2n) is 3.12. The minimum Gasteiger partial charge on any atom is -0.392 e. The quantitative estimate of drug-likeness (QED) is 0.607. The lowest BCUT2D eigenvalue weighted by atomic mass is 10.0. The van der Waals surface area contributed by atoms with Crippen molar-refractivity contribution in [3.63, 3.8) is 0 Å². The van der Waals surface area contributed by atoms with Crippen molar-refractivity contribution in [2.75, 3.05) is 6.61 Å². The van der Waals surface area contributed by atoms with Gasteiger partial charge in [0.05, 0.1) is 6.61 Å². The van der Waals surface area contributed by atoms with Crippen molar-refractivity contribution in [3.05, 3.63) is 11.6 Å². The summed E-state index contributed by atoms with van der Waals surface area (Å²) in [6.45, 7) is 6.73. The van der Waals surface area contributed by atoms with Crippen LogP contribution in [0.15, 0.2) is 11.6 Å². The van der Waals surface area contributed by atoms with Crippen LogP contribution >= 0.6 is 0 Å². The van der Waals surface area contributed by atoms with E-state index in [4.69, 9.17) is 5.11 Å². The first-order valence-electron chi connectivity index (χ1n) is 4.55. The lowest BCUT2D eigenvalue weighted by molar-refractivity contribution is 0.324. The molecule has 66 valence electrons. The molecule has 1 N–H and O–H groups in total. The Balaban J connectivity index is 3.88. The van der Waals surface area contributed by atoms with Crippen molar-refractivity contribution in [3.8, 4) is 0 Å². The Morgan fingerprint density at radius 2 is 2.09 bits per heavy atom. The van der Waals surface area contributed by atoms with Crippen LogP contribution in [0.3, 0.4) is 0 Å². The van der Waals surface area contributed by atoms with Crippen LogP contribution in [0.25, 0.3) is 0 Å². The van der Waals surface area contributed by atoms with E-state index >= 15 is 0 Å². The number of allylic oxidation sites excluding steroid dienone is 1. The van der Waals surface area contributed by atoms with Gasteiger partial charge in [-0.25, -0.2) is 0 Å². The number of hydrogen-bond donors (Lipinski definition) is 1. The minimum atomic E-state index is 0.234. The first-order valence-corrected chi connectivity index (χ1v) is 4.55. The van der Waals surface area contributed by atoms with Crippen molar-refractivity contribution < 1.29 is 5.11 Å². The Bertz CT molecular complexity index is 116. The number of aliphatic hydroxyl groups is 1. The van der Waals surface area contributed by atoms with Gasteiger partial charge in [-0.05, 0) is 17.9 Å². The molecule has 0 saturated carbocycles. The molecule has 0 spiro atoms. The van der Waals surface area contributed by atoms with Gasteiger partial charge < -0.3 is 5.11 Å². The molecule has 1 atom stereocenters. The Hall–Kier alpha value is -0.300. The van der Waals surface area contributed by atoms with Crippen molar-refractivity contribution >= 4 is 0 Å². The molecule has 0 aromatic rings. The maximum absolute atomic E-state index is 8.93. The zero-order valence-electron chi connectivity index (χ0n) is 7.93. The van der Waals surface area contributed by atoms with Gasteiger partial charge in [-0.1, -0.05) is 39.7 Å². The molecular weight excluding hydrogens is 136 g/mol. The summed E-state index contributed by atoms with van der Waals surface area (Å²) >= 11 is 0. The smallest absolute Gasteiger partial charge is 0.0641 e. The van der Waals surface area contributed by atoms with E-state index in [0.29, 0.717) is 5.92 Å². The molecule has 1 heteroatoms. The van der Waals surface area contributed by atoms with Crippen LogP contribution in [0.1, 0.15) is 40.0 Å². The Kier molecular flexibility index (Phi) is 6.24. The standard InChI is InChI=1S/C10H20O/c1-4-6-10(8-11)7-9(3)5-2/h7,9,11H,4-6,8H2,1-3H3/b10-7-/t9-/m0/s1. The van der Waals surface area contributed by atoms with E-state index < -0.39 is 0 Å². The number of hydrogen-bond acceptors (Lipinski definition) is 1. The van der Waals surface area contributed by atoms with Crippen LogP contribution in [0, 0.1) is 5.92 Å². The number of rotatable bonds is 5. The van der Waals surface area contributed by atoms with Crippen molar-refractivity contribution in [2.45, 2.75) is 40.0 Å². The molecule has 0 radical (unpaired) electrons. The molecule has 0 bridgehead atoms. The molecule has 0 amide bonds. The molecule has 0 aliphatic carbocycles. The summed E-state index contributed by atoms with van der Waals surface area (Å²) in [7, 11) is 0. The lowest BCUT2D eigenvalue weighted by Crippen LogP contribution is -1.94. The number of aliphatic hydroxyl groups excluding tert-OH is 1. The van der Waals surface area contributed by atoms with Crippen molar-refractivity contribution in [1.29, 1.82) is 0 Å². The van der Waals surface area contributed by atoms with Crippen LogP contribution in [0.5, 0.6) is 0 Å². The first kappa shape index (κ1) is 10.7. The van der Waals surface area contributed by atoms with Crippen LogP contribution in [0.2, 0.25) is 0 Å². The fourth-order valence-corrected chi connectivity index (χ4v) is 1.06. The van der Waals surface area contributed by atoms with E-state index in [1.807, 2.05) is 0 Å². The predicted octanol–water partition coefficient (Wildman–Crippen LogP) is 2.75. The zero-order chi connectivity index (χ0) is 8.69. The fraction of sp³-hybridized carbons (Fsp3) is 0.800. The molecule has 0 fully saturated rings. The van der Waals surface area contributed by atoms with Crippen molar-refractivity contribution in [1.82, 2.24) is 0 Å². The normalized spacial score (nSPS) is 15.1. The predicted molar refractivity (Wildman–Crippen MR) is 49.5 cm³/mol. The van der Waals surface area contributed by atoms with Gasteiger partial charge in [-0.2, -0.15) is 0 Å². The monoisotopic (exact) mass is 156 g/mol. The summed E-state index contributed by atoms with van der Waals surface area (Å²) in [5, 5.41) is 8.93. The molecule has 0 saturated heterocycles. The molecule has 0 rings (SSSR count). The summed E-state index contributed by atoms with van der Waals surface area (Å²) in [4.78, 5) is 0. The Labute approximate surface area is 70.1 Å². The maximum atomic E-state index is 8.93. The Morgan fingerprint density at radius 3 is 2.45 bits per heavy atom. The highest BCUT2D eigenvalue weighted by atomic mass is 16.3. The van der Waals surface area contributed by atoms with Gasteiger partial charge in [-0.3, -0.25) is 0 Å². The van der Waals surface area contributed by atoms with Crippen LogP contribution in [0.4, 0.5) is 0 Å². The molecule has 0 aliphatic heterocycles. The molecule has 0 aromatic heterocycles.